The van der Waals surface area contributed by atoms with Gasteiger partial charge in [-0.2, -0.15) is 5.10 Å². The first kappa shape index (κ1) is 20.6. The standard InChI is InChI=1S/C21H26N4O4S/c1-30(27,28)25-16-4-2-3-15(11-16)20(26)13-22-9-10-29-17-7-8-18-19(12-17)23-24-21(18)14-5-6-14/h2-4,7-8,11-12,14,20,22,25-26H,5-6,9-10,13H2,1H3,(H,23,24)/t20-/m0/s1. The molecule has 4 rings (SSSR count). The van der Waals surface area contributed by atoms with Gasteiger partial charge in [0, 0.05) is 36.1 Å². The third-order valence-electron chi connectivity index (χ3n) is 4.99. The average molecular weight is 431 g/mol. The molecule has 0 radical (unpaired) electrons. The number of hydrogen-bond acceptors (Lipinski definition) is 6. The second-order valence-electron chi connectivity index (χ2n) is 7.66. The second kappa shape index (κ2) is 8.63. The number of nitrogens with one attached hydrogen (secondary N) is 3. The summed E-state index contributed by atoms with van der Waals surface area (Å²) in [6.07, 6.45) is 2.77. The average Bonchev–Trinajstić information content (AvgIpc) is 3.45. The monoisotopic (exact) mass is 430 g/mol. The lowest BCUT2D eigenvalue weighted by atomic mass is 10.1. The molecule has 30 heavy (non-hydrogen) atoms. The molecule has 9 heteroatoms. The Balaban J connectivity index is 1.23. The van der Waals surface area contributed by atoms with Crippen LogP contribution in [0.4, 0.5) is 5.69 Å². The number of fused-ring (bicyclic) bond motifs is 1. The van der Waals surface area contributed by atoms with E-state index in [0.717, 1.165) is 23.2 Å². The molecule has 1 fully saturated rings. The number of aliphatic hydroxyl groups excluding tert-OH is 1. The third kappa shape index (κ3) is 5.29. The molecule has 0 unspecified atom stereocenters. The first-order valence-electron chi connectivity index (χ1n) is 9.96. The smallest absolute Gasteiger partial charge is 0.229 e. The fraction of sp³-hybridized carbons (Fsp3) is 0.381. The number of aliphatic hydroxyl groups is 1. The van der Waals surface area contributed by atoms with Crippen molar-refractivity contribution in [3.05, 3.63) is 53.7 Å². The summed E-state index contributed by atoms with van der Waals surface area (Å²) in [6, 6.07) is 12.7. The molecule has 0 bridgehead atoms. The summed E-state index contributed by atoms with van der Waals surface area (Å²) in [5.74, 6) is 1.37. The van der Waals surface area contributed by atoms with Gasteiger partial charge in [0.2, 0.25) is 10.0 Å². The highest BCUT2D eigenvalue weighted by Crippen LogP contribution is 2.42. The van der Waals surface area contributed by atoms with Gasteiger partial charge >= 0.3 is 0 Å². The summed E-state index contributed by atoms with van der Waals surface area (Å²) in [5.41, 5.74) is 3.20. The normalized spacial score (nSPS) is 15.3. The van der Waals surface area contributed by atoms with Gasteiger partial charge in [0.1, 0.15) is 12.4 Å². The van der Waals surface area contributed by atoms with Crippen molar-refractivity contribution in [2.45, 2.75) is 24.9 Å². The highest BCUT2D eigenvalue weighted by atomic mass is 32.2. The summed E-state index contributed by atoms with van der Waals surface area (Å²) >= 11 is 0. The van der Waals surface area contributed by atoms with Gasteiger partial charge in [-0.25, -0.2) is 8.42 Å². The van der Waals surface area contributed by atoms with Crippen LogP contribution < -0.4 is 14.8 Å². The van der Waals surface area contributed by atoms with Crippen LogP contribution >= 0.6 is 0 Å². The van der Waals surface area contributed by atoms with E-state index in [1.54, 1.807) is 24.3 Å². The van der Waals surface area contributed by atoms with Crippen LogP contribution in [0.5, 0.6) is 5.75 Å². The first-order valence-corrected chi connectivity index (χ1v) is 11.9. The SMILES string of the molecule is CS(=O)(=O)Nc1cccc([C@@H](O)CNCCOc2ccc3c(C4CC4)n[nH]c3c2)c1. The molecule has 2 aromatic carbocycles. The number of H-pyrrole nitrogens is 1. The number of aromatic amines is 1. The molecule has 1 heterocycles. The van der Waals surface area contributed by atoms with Crippen LogP contribution in [0.15, 0.2) is 42.5 Å². The lowest BCUT2D eigenvalue weighted by Crippen LogP contribution is -2.26. The van der Waals surface area contributed by atoms with Gasteiger partial charge in [-0.1, -0.05) is 12.1 Å². The highest BCUT2D eigenvalue weighted by Gasteiger charge is 2.27. The van der Waals surface area contributed by atoms with E-state index in [2.05, 4.69) is 26.3 Å². The summed E-state index contributed by atoms with van der Waals surface area (Å²) < 4.78 is 30.9. The van der Waals surface area contributed by atoms with Gasteiger partial charge in [-0.3, -0.25) is 9.82 Å². The fourth-order valence-corrected chi connectivity index (χ4v) is 3.95. The quantitative estimate of drug-likeness (QED) is 0.367. The molecule has 0 spiro atoms. The molecule has 4 N–H and O–H groups in total. The van der Waals surface area contributed by atoms with Crippen molar-refractivity contribution in [2.24, 2.45) is 0 Å². The molecule has 0 amide bonds. The number of anilines is 1. The Morgan fingerprint density at radius 1 is 1.27 bits per heavy atom. The van der Waals surface area contributed by atoms with Crippen LogP contribution in [0.25, 0.3) is 10.9 Å². The lowest BCUT2D eigenvalue weighted by Gasteiger charge is -2.14. The molecule has 8 nitrogen and oxygen atoms in total. The van der Waals surface area contributed by atoms with E-state index in [-0.39, 0.29) is 0 Å². The van der Waals surface area contributed by atoms with Gasteiger partial charge in [0.05, 0.1) is 23.6 Å². The summed E-state index contributed by atoms with van der Waals surface area (Å²) in [6.45, 7) is 1.35. The van der Waals surface area contributed by atoms with E-state index >= 15 is 0 Å². The van der Waals surface area contributed by atoms with Crippen LogP contribution in [-0.2, 0) is 10.0 Å². The molecule has 1 atom stereocenters. The van der Waals surface area contributed by atoms with Crippen molar-refractivity contribution in [3.8, 4) is 5.75 Å². The van der Waals surface area contributed by atoms with E-state index in [4.69, 9.17) is 4.74 Å². The Bertz CT molecular complexity index is 1120. The summed E-state index contributed by atoms with van der Waals surface area (Å²) in [7, 11) is -3.35. The number of rotatable bonds is 10. The number of nitrogens with zero attached hydrogens (tertiary/aromatic N) is 1. The molecule has 1 aromatic heterocycles. The number of ether oxygens (including phenoxy) is 1. The predicted molar refractivity (Wildman–Crippen MR) is 116 cm³/mol. The van der Waals surface area contributed by atoms with Crippen LogP contribution in [0, 0.1) is 0 Å². The van der Waals surface area contributed by atoms with E-state index in [9.17, 15) is 13.5 Å². The van der Waals surface area contributed by atoms with E-state index in [1.165, 1.54) is 18.2 Å². The van der Waals surface area contributed by atoms with Gasteiger partial charge in [-0.05, 0) is 42.7 Å². The maximum Gasteiger partial charge on any atom is 0.229 e. The Labute approximate surface area is 175 Å². The van der Waals surface area contributed by atoms with Crippen LogP contribution in [0.2, 0.25) is 0 Å². The zero-order valence-electron chi connectivity index (χ0n) is 16.8. The molecule has 1 aliphatic rings. The van der Waals surface area contributed by atoms with Crippen molar-refractivity contribution in [2.75, 3.05) is 30.7 Å². The van der Waals surface area contributed by atoms with Crippen molar-refractivity contribution in [1.82, 2.24) is 15.5 Å². The van der Waals surface area contributed by atoms with Crippen molar-refractivity contribution >= 4 is 26.6 Å². The van der Waals surface area contributed by atoms with E-state index in [1.807, 2.05) is 12.1 Å². The molecule has 3 aromatic rings. The highest BCUT2D eigenvalue weighted by molar-refractivity contribution is 7.92. The van der Waals surface area contributed by atoms with Gasteiger partial charge in [0.15, 0.2) is 0 Å². The summed E-state index contributed by atoms with van der Waals surface area (Å²) in [5, 5.41) is 22.2. The zero-order chi connectivity index (χ0) is 21.1. The fourth-order valence-electron chi connectivity index (χ4n) is 3.40. The molecular weight excluding hydrogens is 404 g/mol. The lowest BCUT2D eigenvalue weighted by molar-refractivity contribution is 0.172. The largest absolute Gasteiger partial charge is 0.492 e. The molecule has 160 valence electrons. The Kier molecular flexibility index (Phi) is 5.94. The van der Waals surface area contributed by atoms with Crippen LogP contribution in [-0.4, -0.2) is 49.7 Å². The van der Waals surface area contributed by atoms with E-state index in [0.29, 0.717) is 36.9 Å². The minimum absolute atomic E-state index is 0.329. The molecule has 1 aliphatic carbocycles. The minimum atomic E-state index is -3.35. The second-order valence-corrected chi connectivity index (χ2v) is 9.41. The zero-order valence-corrected chi connectivity index (χ0v) is 17.6. The number of sulfonamides is 1. The number of hydrogen-bond donors (Lipinski definition) is 4. The first-order chi connectivity index (χ1) is 14.4. The summed E-state index contributed by atoms with van der Waals surface area (Å²) in [4.78, 5) is 0. The Morgan fingerprint density at radius 2 is 2.10 bits per heavy atom. The number of benzene rings is 2. The third-order valence-corrected chi connectivity index (χ3v) is 5.59. The van der Waals surface area contributed by atoms with Gasteiger partial charge < -0.3 is 15.2 Å². The molecule has 0 aliphatic heterocycles. The van der Waals surface area contributed by atoms with Gasteiger partial charge in [-0.15, -0.1) is 0 Å². The number of aromatic nitrogens is 2. The molecular formula is C21H26N4O4S. The van der Waals surface area contributed by atoms with Crippen molar-refractivity contribution in [3.63, 3.8) is 0 Å². The minimum Gasteiger partial charge on any atom is -0.492 e. The molecule has 0 saturated heterocycles. The van der Waals surface area contributed by atoms with Gasteiger partial charge in [0.25, 0.3) is 0 Å². The topological polar surface area (TPSA) is 116 Å². The van der Waals surface area contributed by atoms with Crippen molar-refractivity contribution < 1.29 is 18.3 Å². The maximum absolute atomic E-state index is 11.3. The van der Waals surface area contributed by atoms with Crippen LogP contribution in [0.3, 0.4) is 0 Å². The van der Waals surface area contributed by atoms with E-state index < -0.39 is 16.1 Å². The van der Waals surface area contributed by atoms with Crippen molar-refractivity contribution in [1.29, 1.82) is 0 Å². The Morgan fingerprint density at radius 3 is 2.87 bits per heavy atom. The van der Waals surface area contributed by atoms with Crippen LogP contribution in [0.1, 0.15) is 36.1 Å². The maximum atomic E-state index is 11.3. The predicted octanol–water partition coefficient (Wildman–Crippen LogP) is 2.51. The molecule has 1 saturated carbocycles. The Hall–Kier alpha value is -2.62.